The lowest BCUT2D eigenvalue weighted by Crippen LogP contribution is -2.29. The summed E-state index contributed by atoms with van der Waals surface area (Å²) < 4.78 is 2.38. The summed E-state index contributed by atoms with van der Waals surface area (Å²) in [6.45, 7) is 10.8. The van der Waals surface area contributed by atoms with Gasteiger partial charge in [0, 0.05) is 29.0 Å². The first-order valence-electron chi connectivity index (χ1n) is 11.7. The van der Waals surface area contributed by atoms with E-state index < -0.39 is 0 Å². The molecule has 2 atom stereocenters. The second kappa shape index (κ2) is 8.73. The van der Waals surface area contributed by atoms with Gasteiger partial charge in [-0.2, -0.15) is 0 Å². The molecule has 0 spiro atoms. The van der Waals surface area contributed by atoms with Crippen LogP contribution < -0.4 is 10.2 Å². The fourth-order valence-corrected chi connectivity index (χ4v) is 5.42. The van der Waals surface area contributed by atoms with E-state index in [9.17, 15) is 0 Å². The fraction of sp³-hybridized carbons (Fsp3) is 0.241. The molecule has 0 saturated carbocycles. The Morgan fingerprint density at radius 2 is 1.59 bits per heavy atom. The van der Waals surface area contributed by atoms with Crippen LogP contribution in [0.25, 0.3) is 5.69 Å². The number of hydrogen-bond acceptors (Lipinski definition) is 2. The second-order valence-corrected chi connectivity index (χ2v) is 9.67. The minimum atomic E-state index is -0.0532. The van der Waals surface area contributed by atoms with E-state index in [1.807, 2.05) is 18.3 Å². The Kier molecular flexibility index (Phi) is 5.74. The monoisotopic (exact) mass is 466 g/mol. The third-order valence-electron chi connectivity index (χ3n) is 6.80. The van der Waals surface area contributed by atoms with Crippen LogP contribution in [-0.4, -0.2) is 14.7 Å². The van der Waals surface area contributed by atoms with Gasteiger partial charge in [0.05, 0.1) is 17.8 Å². The number of thiocarbonyl (C=S) groups is 1. The van der Waals surface area contributed by atoms with Crippen LogP contribution in [0.5, 0.6) is 0 Å². The van der Waals surface area contributed by atoms with Gasteiger partial charge >= 0.3 is 0 Å². The number of nitrogens with zero attached hydrogens (tertiary/aromatic N) is 3. The van der Waals surface area contributed by atoms with Gasteiger partial charge in [0.2, 0.25) is 0 Å². The molecule has 0 amide bonds. The maximum absolute atomic E-state index is 5.90. The molecule has 3 heterocycles. The molecule has 1 N–H and O–H groups in total. The van der Waals surface area contributed by atoms with Gasteiger partial charge in [0.25, 0.3) is 0 Å². The lowest BCUT2D eigenvalue weighted by Gasteiger charge is -2.28. The number of nitrogens with one attached hydrogen (secondary N) is 1. The van der Waals surface area contributed by atoms with Crippen molar-refractivity contribution in [1.82, 2.24) is 14.9 Å². The molecule has 0 bridgehead atoms. The molecule has 0 aliphatic carbocycles. The molecule has 172 valence electrons. The van der Waals surface area contributed by atoms with Crippen molar-refractivity contribution in [3.63, 3.8) is 0 Å². The summed E-state index contributed by atoms with van der Waals surface area (Å²) in [5.41, 5.74) is 10.7. The van der Waals surface area contributed by atoms with E-state index in [1.54, 1.807) is 0 Å². The van der Waals surface area contributed by atoms with Crippen LogP contribution in [0.3, 0.4) is 0 Å². The Labute approximate surface area is 207 Å². The van der Waals surface area contributed by atoms with E-state index in [1.165, 1.54) is 39.3 Å². The number of benzene rings is 2. The fourth-order valence-electron chi connectivity index (χ4n) is 5.07. The van der Waals surface area contributed by atoms with Gasteiger partial charge in [-0.25, -0.2) is 0 Å². The third kappa shape index (κ3) is 3.80. The van der Waals surface area contributed by atoms with Crippen LogP contribution in [0.1, 0.15) is 51.4 Å². The van der Waals surface area contributed by atoms with Crippen LogP contribution in [-0.2, 0) is 0 Å². The summed E-state index contributed by atoms with van der Waals surface area (Å²) in [5.74, 6) is 0. The molecule has 5 heteroatoms. The SMILES string of the molecule is Cc1ccc(N2C(=S)N[C@H](c3ccccn3)[C@@H]2c2cc(C)n(-c3cc(C)ccc3C)c2C)cc1. The lowest BCUT2D eigenvalue weighted by molar-refractivity contribution is 0.565. The predicted molar refractivity (Wildman–Crippen MR) is 144 cm³/mol. The quantitative estimate of drug-likeness (QED) is 0.344. The number of hydrogen-bond donors (Lipinski definition) is 1. The predicted octanol–water partition coefficient (Wildman–Crippen LogP) is 6.59. The van der Waals surface area contributed by atoms with Crippen molar-refractivity contribution >= 4 is 23.0 Å². The van der Waals surface area contributed by atoms with Crippen LogP contribution >= 0.6 is 12.2 Å². The topological polar surface area (TPSA) is 33.1 Å². The number of rotatable bonds is 4. The molecule has 4 nitrogen and oxygen atoms in total. The van der Waals surface area contributed by atoms with Gasteiger partial charge in [-0.15, -0.1) is 0 Å². The third-order valence-corrected chi connectivity index (χ3v) is 7.12. The van der Waals surface area contributed by atoms with Crippen molar-refractivity contribution in [3.8, 4) is 5.69 Å². The highest BCUT2D eigenvalue weighted by atomic mass is 32.1. The highest BCUT2D eigenvalue weighted by Gasteiger charge is 2.42. The normalized spacial score (nSPS) is 17.8. The van der Waals surface area contributed by atoms with E-state index in [2.05, 4.69) is 104 Å². The minimum Gasteiger partial charge on any atom is -0.351 e. The largest absolute Gasteiger partial charge is 0.351 e. The molecule has 1 aliphatic rings. The van der Waals surface area contributed by atoms with Crippen molar-refractivity contribution < 1.29 is 0 Å². The molecule has 2 aromatic carbocycles. The van der Waals surface area contributed by atoms with Crippen LogP contribution in [0, 0.1) is 34.6 Å². The summed E-state index contributed by atoms with van der Waals surface area (Å²) in [6.07, 6.45) is 1.85. The molecule has 5 rings (SSSR count). The Morgan fingerprint density at radius 1 is 0.853 bits per heavy atom. The molecule has 4 aromatic rings. The van der Waals surface area contributed by atoms with E-state index in [0.717, 1.165) is 16.5 Å². The van der Waals surface area contributed by atoms with Gasteiger partial charge in [0.1, 0.15) is 0 Å². The molecule has 1 fully saturated rings. The maximum atomic E-state index is 5.90. The van der Waals surface area contributed by atoms with Gasteiger partial charge in [-0.1, -0.05) is 35.9 Å². The number of anilines is 1. The maximum Gasteiger partial charge on any atom is 0.174 e. The first-order chi connectivity index (χ1) is 16.3. The summed E-state index contributed by atoms with van der Waals surface area (Å²) >= 11 is 5.90. The number of aryl methyl sites for hydroxylation is 4. The summed E-state index contributed by atoms with van der Waals surface area (Å²) in [4.78, 5) is 6.95. The van der Waals surface area contributed by atoms with Crippen molar-refractivity contribution in [2.24, 2.45) is 0 Å². The van der Waals surface area contributed by atoms with E-state index in [-0.39, 0.29) is 12.1 Å². The zero-order chi connectivity index (χ0) is 24.0. The molecular formula is C29H30N4S. The van der Waals surface area contributed by atoms with Crippen LogP contribution in [0.4, 0.5) is 5.69 Å². The molecular weight excluding hydrogens is 436 g/mol. The molecule has 2 aromatic heterocycles. The van der Waals surface area contributed by atoms with E-state index in [4.69, 9.17) is 17.2 Å². The van der Waals surface area contributed by atoms with Gasteiger partial charge < -0.3 is 14.8 Å². The summed E-state index contributed by atoms with van der Waals surface area (Å²) in [7, 11) is 0. The van der Waals surface area contributed by atoms with Gasteiger partial charge in [-0.3, -0.25) is 4.98 Å². The molecule has 1 aliphatic heterocycles. The smallest absolute Gasteiger partial charge is 0.174 e. The molecule has 0 unspecified atom stereocenters. The zero-order valence-corrected chi connectivity index (χ0v) is 21.1. The van der Waals surface area contributed by atoms with E-state index >= 15 is 0 Å². The first-order valence-corrected chi connectivity index (χ1v) is 12.1. The Morgan fingerprint density at radius 3 is 2.29 bits per heavy atom. The Bertz CT molecular complexity index is 1360. The molecule has 1 saturated heterocycles. The summed E-state index contributed by atoms with van der Waals surface area (Å²) in [5, 5.41) is 4.31. The number of aromatic nitrogens is 2. The second-order valence-electron chi connectivity index (χ2n) is 9.28. The minimum absolute atomic E-state index is 0.0184. The van der Waals surface area contributed by atoms with Crippen molar-refractivity contribution in [3.05, 3.63) is 112 Å². The van der Waals surface area contributed by atoms with E-state index in [0.29, 0.717) is 0 Å². The highest BCUT2D eigenvalue weighted by Crippen LogP contribution is 2.43. The van der Waals surface area contributed by atoms with Gasteiger partial charge in [0.15, 0.2) is 5.11 Å². The average molecular weight is 467 g/mol. The average Bonchev–Trinajstić information content (AvgIpc) is 3.32. The standard InChI is InChI=1S/C29H30N4S/c1-18-10-13-23(14-11-18)33-28(27(31-29(33)34)25-8-6-7-15-30-25)24-17-21(4)32(22(24)5)26-16-19(2)9-12-20(26)3/h6-17,27-28H,1-5H3,(H,31,34)/t27-,28+/m1/s1. The summed E-state index contributed by atoms with van der Waals surface area (Å²) in [6, 6.07) is 23.5. The van der Waals surface area contributed by atoms with Crippen LogP contribution in [0.15, 0.2) is 72.9 Å². The van der Waals surface area contributed by atoms with Crippen LogP contribution in [0.2, 0.25) is 0 Å². The van der Waals surface area contributed by atoms with Crippen molar-refractivity contribution in [2.45, 2.75) is 46.7 Å². The molecule has 34 heavy (non-hydrogen) atoms. The van der Waals surface area contributed by atoms with Gasteiger partial charge in [-0.05, 0) is 99.9 Å². The lowest BCUT2D eigenvalue weighted by atomic mass is 9.96. The first kappa shape index (κ1) is 22.4. The number of pyridine rings is 1. The van der Waals surface area contributed by atoms with Crippen molar-refractivity contribution in [1.29, 1.82) is 0 Å². The highest BCUT2D eigenvalue weighted by molar-refractivity contribution is 7.80. The molecule has 0 radical (unpaired) electrons. The Balaban J connectivity index is 1.70. The Hall–Kier alpha value is -3.44. The zero-order valence-electron chi connectivity index (χ0n) is 20.3. The van der Waals surface area contributed by atoms with Crippen molar-refractivity contribution in [2.75, 3.05) is 4.90 Å².